The lowest BCUT2D eigenvalue weighted by molar-refractivity contribution is -0.135. The zero-order chi connectivity index (χ0) is 21.8. The Morgan fingerprint density at radius 1 is 0.724 bits per heavy atom. The molecule has 1 rings (SSSR count). The highest BCUT2D eigenvalue weighted by molar-refractivity contribution is 5.92. The number of hydrogen-bond donors (Lipinski definition) is 0. The van der Waals surface area contributed by atoms with E-state index in [4.69, 9.17) is 18.9 Å². The first-order valence-corrected chi connectivity index (χ1v) is 9.65. The first-order valence-electron chi connectivity index (χ1n) is 9.65. The largest absolute Gasteiger partial charge is 0.462 e. The Labute approximate surface area is 170 Å². The summed E-state index contributed by atoms with van der Waals surface area (Å²) >= 11 is 0. The molecule has 8 nitrogen and oxygen atoms in total. The zero-order valence-corrected chi connectivity index (χ0v) is 17.4. The average molecular weight is 408 g/mol. The second-order valence-electron chi connectivity index (χ2n) is 6.49. The molecule has 0 spiro atoms. The fourth-order valence-electron chi connectivity index (χ4n) is 2.53. The number of carbonyl (C=O) groups is 4. The maximum atomic E-state index is 12.4. The van der Waals surface area contributed by atoms with Gasteiger partial charge in [0.15, 0.2) is 11.5 Å². The normalized spacial score (nSPS) is 10.2. The number of rotatable bonds is 11. The predicted molar refractivity (Wildman–Crippen MR) is 104 cm³/mol. The standard InChI is InChI=1S/C21H28O8/c1-5-6-7-8-9-10-11-26-21(25)17-12-18(27-14(2)22)20(29-16(4)24)19(13-17)28-15(3)23/h12-13H,5-11H2,1-4H3. The molecule has 0 saturated heterocycles. The molecule has 0 fully saturated rings. The highest BCUT2D eigenvalue weighted by Crippen LogP contribution is 2.39. The highest BCUT2D eigenvalue weighted by atomic mass is 16.6. The first-order chi connectivity index (χ1) is 13.7. The van der Waals surface area contributed by atoms with Gasteiger partial charge in [-0.1, -0.05) is 39.0 Å². The Bertz CT molecular complexity index is 701. The summed E-state index contributed by atoms with van der Waals surface area (Å²) < 4.78 is 20.3. The lowest BCUT2D eigenvalue weighted by atomic mass is 10.1. The molecule has 0 heterocycles. The zero-order valence-electron chi connectivity index (χ0n) is 17.4. The van der Waals surface area contributed by atoms with Crippen molar-refractivity contribution in [1.29, 1.82) is 0 Å². The van der Waals surface area contributed by atoms with Crippen LogP contribution in [0.15, 0.2) is 12.1 Å². The fraction of sp³-hybridized carbons (Fsp3) is 0.524. The topological polar surface area (TPSA) is 105 Å². The molecule has 0 N–H and O–H groups in total. The molecule has 0 unspecified atom stereocenters. The molecule has 0 aliphatic heterocycles. The molecule has 0 atom stereocenters. The molecule has 29 heavy (non-hydrogen) atoms. The summed E-state index contributed by atoms with van der Waals surface area (Å²) in [5.74, 6) is -3.51. The van der Waals surface area contributed by atoms with Gasteiger partial charge in [-0.2, -0.15) is 0 Å². The SMILES string of the molecule is CCCCCCCCOC(=O)c1cc(OC(C)=O)c(OC(C)=O)c(OC(C)=O)c1. The number of ether oxygens (including phenoxy) is 4. The van der Waals surface area contributed by atoms with Gasteiger partial charge < -0.3 is 18.9 Å². The summed E-state index contributed by atoms with van der Waals surface area (Å²) in [7, 11) is 0. The van der Waals surface area contributed by atoms with E-state index in [0.717, 1.165) is 52.9 Å². The van der Waals surface area contributed by atoms with E-state index < -0.39 is 23.9 Å². The van der Waals surface area contributed by atoms with Crippen molar-refractivity contribution in [3.63, 3.8) is 0 Å². The number of unbranched alkanes of at least 4 members (excludes halogenated alkanes) is 5. The van der Waals surface area contributed by atoms with Gasteiger partial charge in [0.05, 0.1) is 12.2 Å². The van der Waals surface area contributed by atoms with Crippen LogP contribution < -0.4 is 14.2 Å². The summed E-state index contributed by atoms with van der Waals surface area (Å²) in [6.07, 6.45) is 6.26. The molecule has 1 aromatic carbocycles. The molecule has 0 aromatic heterocycles. The van der Waals surface area contributed by atoms with E-state index in [1.807, 2.05) is 0 Å². The number of benzene rings is 1. The van der Waals surface area contributed by atoms with Crippen LogP contribution in [0.5, 0.6) is 17.2 Å². The van der Waals surface area contributed by atoms with Gasteiger partial charge in [-0.25, -0.2) is 4.79 Å². The van der Waals surface area contributed by atoms with Crippen LogP contribution in [0.3, 0.4) is 0 Å². The van der Waals surface area contributed by atoms with Gasteiger partial charge in [0.25, 0.3) is 0 Å². The van der Waals surface area contributed by atoms with E-state index in [-0.39, 0.29) is 29.4 Å². The predicted octanol–water partition coefficient (Wildman–Crippen LogP) is 3.98. The maximum absolute atomic E-state index is 12.4. The van der Waals surface area contributed by atoms with Crippen molar-refractivity contribution in [3.05, 3.63) is 17.7 Å². The van der Waals surface area contributed by atoms with E-state index in [9.17, 15) is 19.2 Å². The lowest BCUT2D eigenvalue weighted by Gasteiger charge is -2.14. The summed E-state index contributed by atoms with van der Waals surface area (Å²) in [6, 6.07) is 2.41. The lowest BCUT2D eigenvalue weighted by Crippen LogP contribution is -2.13. The Hall–Kier alpha value is -2.90. The Morgan fingerprint density at radius 2 is 1.21 bits per heavy atom. The minimum atomic E-state index is -0.717. The van der Waals surface area contributed by atoms with Gasteiger partial charge in [-0.3, -0.25) is 14.4 Å². The van der Waals surface area contributed by atoms with Crippen molar-refractivity contribution < 1.29 is 38.1 Å². The minimum absolute atomic E-state index is 0.000569. The van der Waals surface area contributed by atoms with Gasteiger partial charge in [-0.15, -0.1) is 0 Å². The van der Waals surface area contributed by atoms with Crippen LogP contribution in [0.1, 0.15) is 76.6 Å². The highest BCUT2D eigenvalue weighted by Gasteiger charge is 2.23. The van der Waals surface area contributed by atoms with Gasteiger partial charge >= 0.3 is 23.9 Å². The first kappa shape index (κ1) is 24.1. The third-order valence-corrected chi connectivity index (χ3v) is 3.74. The van der Waals surface area contributed by atoms with E-state index >= 15 is 0 Å². The van der Waals surface area contributed by atoms with Crippen molar-refractivity contribution >= 4 is 23.9 Å². The molecule has 0 radical (unpaired) electrons. The molecule has 0 amide bonds. The molecule has 0 aliphatic carbocycles. The number of hydrogen-bond acceptors (Lipinski definition) is 8. The van der Waals surface area contributed by atoms with Crippen molar-refractivity contribution in [3.8, 4) is 17.2 Å². The second kappa shape index (κ2) is 12.5. The summed E-state index contributed by atoms with van der Waals surface area (Å²) in [6.45, 7) is 5.81. The van der Waals surface area contributed by atoms with Crippen LogP contribution in [0.4, 0.5) is 0 Å². The summed E-state index contributed by atoms with van der Waals surface area (Å²) in [5.41, 5.74) is -0.000569. The maximum Gasteiger partial charge on any atom is 0.338 e. The second-order valence-corrected chi connectivity index (χ2v) is 6.49. The van der Waals surface area contributed by atoms with Crippen LogP contribution in [0, 0.1) is 0 Å². The van der Waals surface area contributed by atoms with Crippen molar-refractivity contribution in [2.45, 2.75) is 66.2 Å². The summed E-state index contributed by atoms with van der Waals surface area (Å²) in [4.78, 5) is 46.6. The third kappa shape index (κ3) is 9.23. The molecule has 0 aliphatic rings. The van der Waals surface area contributed by atoms with E-state index in [2.05, 4.69) is 6.92 Å². The van der Waals surface area contributed by atoms with E-state index in [1.165, 1.54) is 18.6 Å². The molecule has 1 aromatic rings. The van der Waals surface area contributed by atoms with Crippen molar-refractivity contribution in [1.82, 2.24) is 0 Å². The van der Waals surface area contributed by atoms with Crippen molar-refractivity contribution in [2.75, 3.05) is 6.61 Å². The average Bonchev–Trinajstić information content (AvgIpc) is 2.62. The Balaban J connectivity index is 2.97. The molecular weight excluding hydrogens is 380 g/mol. The van der Waals surface area contributed by atoms with Gasteiger partial charge in [0.1, 0.15) is 0 Å². The smallest absolute Gasteiger partial charge is 0.338 e. The molecule has 0 saturated carbocycles. The summed E-state index contributed by atoms with van der Waals surface area (Å²) in [5, 5.41) is 0. The van der Waals surface area contributed by atoms with Gasteiger partial charge in [0.2, 0.25) is 5.75 Å². The molecule has 8 heteroatoms. The van der Waals surface area contributed by atoms with Gasteiger partial charge in [-0.05, 0) is 18.6 Å². The van der Waals surface area contributed by atoms with Crippen LogP contribution in [0.2, 0.25) is 0 Å². The van der Waals surface area contributed by atoms with Crippen molar-refractivity contribution in [2.24, 2.45) is 0 Å². The quantitative estimate of drug-likeness (QED) is 0.308. The minimum Gasteiger partial charge on any atom is -0.462 e. The molecule has 160 valence electrons. The molecular formula is C21H28O8. The van der Waals surface area contributed by atoms with E-state index in [0.29, 0.717) is 0 Å². The monoisotopic (exact) mass is 408 g/mol. The van der Waals surface area contributed by atoms with Crippen LogP contribution in [0.25, 0.3) is 0 Å². The van der Waals surface area contributed by atoms with Gasteiger partial charge in [0, 0.05) is 20.8 Å². The van der Waals surface area contributed by atoms with Crippen LogP contribution >= 0.6 is 0 Å². The Morgan fingerprint density at radius 3 is 1.69 bits per heavy atom. The fourth-order valence-corrected chi connectivity index (χ4v) is 2.53. The van der Waals surface area contributed by atoms with Crippen LogP contribution in [-0.4, -0.2) is 30.5 Å². The van der Waals surface area contributed by atoms with E-state index in [1.54, 1.807) is 0 Å². The van der Waals surface area contributed by atoms with Crippen LogP contribution in [-0.2, 0) is 19.1 Å². The molecule has 0 bridgehead atoms. The number of esters is 4. The number of carbonyl (C=O) groups excluding carboxylic acids is 4. The third-order valence-electron chi connectivity index (χ3n) is 3.74. The Kier molecular flexibility index (Phi) is 10.4.